The Morgan fingerprint density at radius 1 is 1.24 bits per heavy atom. The monoisotopic (exact) mass is 324 g/mol. The number of ether oxygens (including phenoxy) is 1. The zero-order valence-corrected chi connectivity index (χ0v) is 12.9. The molecule has 5 heteroatoms. The van der Waals surface area contributed by atoms with Gasteiger partial charge in [0.25, 0.3) is 0 Å². The van der Waals surface area contributed by atoms with E-state index in [2.05, 4.69) is 0 Å². The fraction of sp³-hybridized carbons (Fsp3) is 0.188. The first kappa shape index (κ1) is 15.7. The Balaban J connectivity index is 2.49. The third-order valence-corrected chi connectivity index (χ3v) is 3.52. The maximum absolute atomic E-state index is 11.7. The molecule has 2 rings (SSSR count). The molecule has 0 saturated heterocycles. The van der Waals surface area contributed by atoms with E-state index in [1.165, 1.54) is 0 Å². The topological polar surface area (TPSA) is 46.5 Å². The average molecular weight is 325 g/mol. The van der Waals surface area contributed by atoms with E-state index in [0.717, 1.165) is 0 Å². The molecule has 0 fully saturated rings. The molecular formula is C16H14Cl2O3. The van der Waals surface area contributed by atoms with Crippen molar-refractivity contribution in [2.75, 3.05) is 6.61 Å². The second kappa shape index (κ2) is 6.83. The van der Waals surface area contributed by atoms with Crippen LogP contribution in [-0.2, 0) is 16.0 Å². The molecule has 1 N–H and O–H groups in total. The van der Waals surface area contributed by atoms with Gasteiger partial charge in [0, 0.05) is 16.1 Å². The smallest absolute Gasteiger partial charge is 0.310 e. The Hall–Kier alpha value is -1.71. The van der Waals surface area contributed by atoms with Crippen LogP contribution in [0.1, 0.15) is 12.5 Å². The van der Waals surface area contributed by atoms with Crippen molar-refractivity contribution in [2.24, 2.45) is 0 Å². The molecule has 2 aromatic rings. The fourth-order valence-electron chi connectivity index (χ4n) is 2.10. The van der Waals surface area contributed by atoms with Crippen molar-refractivity contribution in [3.8, 4) is 16.9 Å². The minimum atomic E-state index is -0.352. The molecule has 0 unspecified atom stereocenters. The van der Waals surface area contributed by atoms with E-state index in [-0.39, 0.29) is 18.1 Å². The summed E-state index contributed by atoms with van der Waals surface area (Å²) in [5, 5.41) is 11.1. The molecule has 0 heterocycles. The normalized spacial score (nSPS) is 10.4. The van der Waals surface area contributed by atoms with Crippen molar-refractivity contribution < 1.29 is 14.6 Å². The highest BCUT2D eigenvalue weighted by molar-refractivity contribution is 6.36. The first-order valence-corrected chi connectivity index (χ1v) is 7.20. The summed E-state index contributed by atoms with van der Waals surface area (Å²) in [5.74, 6) is -0.296. The van der Waals surface area contributed by atoms with Crippen LogP contribution in [0, 0.1) is 0 Å². The van der Waals surface area contributed by atoms with E-state index < -0.39 is 0 Å². The number of halogens is 2. The lowest BCUT2D eigenvalue weighted by Crippen LogP contribution is -2.08. The Labute approximate surface area is 133 Å². The molecule has 0 radical (unpaired) electrons. The number of phenolic OH excluding ortho intramolecular Hbond substituents is 1. The molecule has 110 valence electrons. The SMILES string of the molecule is CCOC(=O)Cc1cccc(O)c1-c1ccc(Cl)cc1Cl. The van der Waals surface area contributed by atoms with Crippen LogP contribution in [-0.4, -0.2) is 17.7 Å². The van der Waals surface area contributed by atoms with Crippen LogP contribution in [0.25, 0.3) is 11.1 Å². The molecule has 0 saturated carbocycles. The van der Waals surface area contributed by atoms with Crippen molar-refractivity contribution >= 4 is 29.2 Å². The largest absolute Gasteiger partial charge is 0.507 e. The van der Waals surface area contributed by atoms with Gasteiger partial charge in [0.15, 0.2) is 0 Å². The predicted molar refractivity (Wildman–Crippen MR) is 83.9 cm³/mol. The molecule has 0 atom stereocenters. The summed E-state index contributed by atoms with van der Waals surface area (Å²) in [6.45, 7) is 2.06. The molecule has 0 bridgehead atoms. The van der Waals surface area contributed by atoms with Crippen LogP contribution in [0.15, 0.2) is 36.4 Å². The first-order chi connectivity index (χ1) is 10.0. The van der Waals surface area contributed by atoms with E-state index in [9.17, 15) is 9.90 Å². The molecule has 0 aromatic heterocycles. The lowest BCUT2D eigenvalue weighted by atomic mass is 9.96. The summed E-state index contributed by atoms with van der Waals surface area (Å²) in [7, 11) is 0. The lowest BCUT2D eigenvalue weighted by molar-refractivity contribution is -0.142. The molecule has 0 aliphatic rings. The summed E-state index contributed by atoms with van der Waals surface area (Å²) >= 11 is 12.1. The Morgan fingerprint density at radius 3 is 2.67 bits per heavy atom. The zero-order chi connectivity index (χ0) is 15.4. The Bertz CT molecular complexity index is 669. The van der Waals surface area contributed by atoms with Crippen LogP contribution in [0.3, 0.4) is 0 Å². The van der Waals surface area contributed by atoms with Gasteiger partial charge in [-0.3, -0.25) is 4.79 Å². The number of benzene rings is 2. The first-order valence-electron chi connectivity index (χ1n) is 6.44. The maximum Gasteiger partial charge on any atom is 0.310 e. The van der Waals surface area contributed by atoms with Crippen LogP contribution in [0.4, 0.5) is 0 Å². The third kappa shape index (κ3) is 3.69. The van der Waals surface area contributed by atoms with Gasteiger partial charge in [0.1, 0.15) is 5.75 Å². The number of esters is 1. The minimum Gasteiger partial charge on any atom is -0.507 e. The molecule has 0 spiro atoms. The molecule has 0 aliphatic carbocycles. The summed E-state index contributed by atoms with van der Waals surface area (Å²) < 4.78 is 4.95. The second-order valence-electron chi connectivity index (χ2n) is 4.42. The van der Waals surface area contributed by atoms with Gasteiger partial charge in [0.05, 0.1) is 18.1 Å². The van der Waals surface area contributed by atoms with E-state index in [0.29, 0.717) is 33.3 Å². The summed E-state index contributed by atoms with van der Waals surface area (Å²) in [6.07, 6.45) is 0.0660. The van der Waals surface area contributed by atoms with Crippen LogP contribution in [0.5, 0.6) is 5.75 Å². The van der Waals surface area contributed by atoms with Gasteiger partial charge in [0.2, 0.25) is 0 Å². The van der Waals surface area contributed by atoms with E-state index in [4.69, 9.17) is 27.9 Å². The molecule has 0 aliphatic heterocycles. The molecule has 3 nitrogen and oxygen atoms in total. The number of aromatic hydroxyl groups is 1. The van der Waals surface area contributed by atoms with Crippen LogP contribution >= 0.6 is 23.2 Å². The van der Waals surface area contributed by atoms with E-state index in [1.54, 1.807) is 43.3 Å². The minimum absolute atomic E-state index is 0.0565. The van der Waals surface area contributed by atoms with Gasteiger partial charge in [-0.2, -0.15) is 0 Å². The second-order valence-corrected chi connectivity index (χ2v) is 5.26. The highest BCUT2D eigenvalue weighted by Crippen LogP contribution is 2.38. The van der Waals surface area contributed by atoms with Gasteiger partial charge in [-0.1, -0.05) is 41.4 Å². The number of carbonyl (C=O) groups excluding carboxylic acids is 1. The summed E-state index contributed by atoms with van der Waals surface area (Å²) in [6, 6.07) is 9.99. The van der Waals surface area contributed by atoms with Crippen molar-refractivity contribution in [3.63, 3.8) is 0 Å². The number of hydrogen-bond acceptors (Lipinski definition) is 3. The third-order valence-electron chi connectivity index (χ3n) is 2.97. The van der Waals surface area contributed by atoms with Gasteiger partial charge >= 0.3 is 5.97 Å². The number of rotatable bonds is 4. The zero-order valence-electron chi connectivity index (χ0n) is 11.4. The lowest BCUT2D eigenvalue weighted by Gasteiger charge is -2.13. The number of carbonyl (C=O) groups is 1. The van der Waals surface area contributed by atoms with Crippen molar-refractivity contribution in [3.05, 3.63) is 52.0 Å². The highest BCUT2D eigenvalue weighted by atomic mass is 35.5. The number of phenols is 1. The van der Waals surface area contributed by atoms with Crippen molar-refractivity contribution in [1.82, 2.24) is 0 Å². The molecule has 21 heavy (non-hydrogen) atoms. The Morgan fingerprint density at radius 2 is 2.00 bits per heavy atom. The summed E-state index contributed by atoms with van der Waals surface area (Å²) in [4.78, 5) is 11.7. The number of hydrogen-bond donors (Lipinski definition) is 1. The predicted octanol–water partition coefficient (Wildman–Crippen LogP) is 4.47. The highest BCUT2D eigenvalue weighted by Gasteiger charge is 2.16. The Kier molecular flexibility index (Phi) is 5.10. The fourth-order valence-corrected chi connectivity index (χ4v) is 2.61. The van der Waals surface area contributed by atoms with Crippen LogP contribution < -0.4 is 0 Å². The maximum atomic E-state index is 11.7. The van der Waals surface area contributed by atoms with Crippen molar-refractivity contribution in [2.45, 2.75) is 13.3 Å². The van der Waals surface area contributed by atoms with E-state index in [1.807, 2.05) is 0 Å². The summed E-state index contributed by atoms with van der Waals surface area (Å²) in [5.41, 5.74) is 1.79. The van der Waals surface area contributed by atoms with Gasteiger partial charge in [-0.15, -0.1) is 0 Å². The quantitative estimate of drug-likeness (QED) is 0.844. The molecule has 2 aromatic carbocycles. The van der Waals surface area contributed by atoms with Gasteiger partial charge < -0.3 is 9.84 Å². The molecular weight excluding hydrogens is 311 g/mol. The van der Waals surface area contributed by atoms with E-state index >= 15 is 0 Å². The van der Waals surface area contributed by atoms with Gasteiger partial charge in [-0.25, -0.2) is 0 Å². The molecule has 0 amide bonds. The van der Waals surface area contributed by atoms with Crippen LogP contribution in [0.2, 0.25) is 10.0 Å². The van der Waals surface area contributed by atoms with Gasteiger partial charge in [-0.05, 0) is 30.7 Å². The standard InChI is InChI=1S/C16H14Cl2O3/c1-2-21-15(20)8-10-4-3-5-14(19)16(10)12-7-6-11(17)9-13(12)18/h3-7,9,19H,2,8H2,1H3. The average Bonchev–Trinajstić information content (AvgIpc) is 2.41. The van der Waals surface area contributed by atoms with Crippen molar-refractivity contribution in [1.29, 1.82) is 0 Å².